The van der Waals surface area contributed by atoms with E-state index in [0.29, 0.717) is 24.8 Å². The Balaban J connectivity index is 1.33. The van der Waals surface area contributed by atoms with Gasteiger partial charge in [0.1, 0.15) is 0 Å². The highest BCUT2D eigenvalue weighted by atomic mass is 16.5. The van der Waals surface area contributed by atoms with E-state index in [9.17, 15) is 5.11 Å². The smallest absolute Gasteiger partial charge is 0.229 e. The molecule has 0 bridgehead atoms. The van der Waals surface area contributed by atoms with E-state index in [1.807, 2.05) is 18.2 Å². The summed E-state index contributed by atoms with van der Waals surface area (Å²) in [6, 6.07) is 10.3. The predicted molar refractivity (Wildman–Crippen MR) is 96.1 cm³/mol. The predicted octanol–water partition coefficient (Wildman–Crippen LogP) is 3.03. The van der Waals surface area contributed by atoms with E-state index in [2.05, 4.69) is 39.3 Å². The second-order valence-corrected chi connectivity index (χ2v) is 7.37. The van der Waals surface area contributed by atoms with Gasteiger partial charge < -0.3 is 9.63 Å². The summed E-state index contributed by atoms with van der Waals surface area (Å²) < 4.78 is 5.35. The molecule has 1 aromatic heterocycles. The zero-order valence-corrected chi connectivity index (χ0v) is 14.5. The largest absolute Gasteiger partial charge is 0.388 e. The fourth-order valence-corrected chi connectivity index (χ4v) is 3.54. The van der Waals surface area contributed by atoms with Gasteiger partial charge in [-0.2, -0.15) is 4.98 Å². The minimum Gasteiger partial charge on any atom is -0.388 e. The van der Waals surface area contributed by atoms with Crippen molar-refractivity contribution in [3.63, 3.8) is 0 Å². The molecule has 5 heteroatoms. The van der Waals surface area contributed by atoms with Crippen molar-refractivity contribution in [2.24, 2.45) is 0 Å². The number of benzene rings is 1. The van der Waals surface area contributed by atoms with E-state index in [1.165, 1.54) is 5.56 Å². The summed E-state index contributed by atoms with van der Waals surface area (Å²) in [5.41, 5.74) is 0.430. The summed E-state index contributed by atoms with van der Waals surface area (Å²) in [5.74, 6) is 1.88. The minimum absolute atomic E-state index is 0.450. The van der Waals surface area contributed by atoms with Crippen molar-refractivity contribution in [3.8, 4) is 0 Å². The molecule has 25 heavy (non-hydrogen) atoms. The van der Waals surface area contributed by atoms with E-state index in [0.717, 1.165) is 44.6 Å². The molecule has 2 aliphatic rings. The van der Waals surface area contributed by atoms with Crippen LogP contribution in [0.3, 0.4) is 0 Å². The second-order valence-electron chi connectivity index (χ2n) is 7.37. The zero-order valence-electron chi connectivity index (χ0n) is 14.5. The van der Waals surface area contributed by atoms with Crippen LogP contribution in [0.5, 0.6) is 0 Å². The molecule has 132 valence electrons. The van der Waals surface area contributed by atoms with Crippen molar-refractivity contribution >= 4 is 6.08 Å². The summed E-state index contributed by atoms with van der Waals surface area (Å²) >= 11 is 0. The standard InChI is InChI=1S/C20H25N3O2/c24-20(14-18-21-19(22-25-18)17-9-10-17)11-5-13-23(15-20)12-4-8-16-6-2-1-3-7-16/h1-4,6-8,17,24H,5,9-15H2/b8-4+. The molecule has 2 aromatic rings. The molecule has 2 fully saturated rings. The Kier molecular flexibility index (Phi) is 4.68. The number of hydrogen-bond donors (Lipinski definition) is 1. The van der Waals surface area contributed by atoms with Gasteiger partial charge in [0.2, 0.25) is 5.89 Å². The van der Waals surface area contributed by atoms with Crippen LogP contribution in [-0.2, 0) is 6.42 Å². The summed E-state index contributed by atoms with van der Waals surface area (Å²) in [6.07, 6.45) is 8.83. The molecule has 0 spiro atoms. The number of β-amino-alcohol motifs (C(OH)–C–C–N with tert-alkyl or cyclic N) is 1. The van der Waals surface area contributed by atoms with Gasteiger partial charge in [-0.1, -0.05) is 47.6 Å². The number of piperidine rings is 1. The Morgan fingerprint density at radius 3 is 2.92 bits per heavy atom. The normalized spacial score (nSPS) is 24.8. The number of hydrogen-bond acceptors (Lipinski definition) is 5. The van der Waals surface area contributed by atoms with Crippen LogP contribution in [-0.4, -0.2) is 45.4 Å². The molecule has 0 amide bonds. The molecule has 2 heterocycles. The lowest BCUT2D eigenvalue weighted by molar-refractivity contribution is -0.0316. The Morgan fingerprint density at radius 1 is 1.28 bits per heavy atom. The van der Waals surface area contributed by atoms with Crippen LogP contribution in [0.4, 0.5) is 0 Å². The monoisotopic (exact) mass is 339 g/mol. The number of aromatic nitrogens is 2. The molecule has 1 atom stereocenters. The summed E-state index contributed by atoms with van der Waals surface area (Å²) in [7, 11) is 0. The number of rotatable bonds is 6. The van der Waals surface area contributed by atoms with Gasteiger partial charge in [0.15, 0.2) is 5.82 Å². The lowest BCUT2D eigenvalue weighted by Crippen LogP contribution is -2.49. The van der Waals surface area contributed by atoms with Crippen LogP contribution in [0.25, 0.3) is 6.08 Å². The van der Waals surface area contributed by atoms with Crippen molar-refractivity contribution in [1.82, 2.24) is 15.0 Å². The van der Waals surface area contributed by atoms with Crippen LogP contribution in [0.1, 0.15) is 48.9 Å². The zero-order chi connectivity index (χ0) is 17.1. The van der Waals surface area contributed by atoms with Crippen LogP contribution in [0.15, 0.2) is 40.9 Å². The Bertz CT molecular complexity index is 724. The fourth-order valence-electron chi connectivity index (χ4n) is 3.54. The summed E-state index contributed by atoms with van der Waals surface area (Å²) in [4.78, 5) is 6.76. The molecule has 1 unspecified atom stereocenters. The highest BCUT2D eigenvalue weighted by molar-refractivity contribution is 5.48. The molecule has 0 radical (unpaired) electrons. The molecule has 1 aromatic carbocycles. The Hall–Kier alpha value is -1.98. The molecule has 5 nitrogen and oxygen atoms in total. The van der Waals surface area contributed by atoms with Gasteiger partial charge in [-0.15, -0.1) is 0 Å². The van der Waals surface area contributed by atoms with Crippen molar-refractivity contribution < 1.29 is 9.63 Å². The summed E-state index contributed by atoms with van der Waals surface area (Å²) in [6.45, 7) is 2.50. The number of likely N-dealkylation sites (tertiary alicyclic amines) is 1. The van der Waals surface area contributed by atoms with E-state index in [-0.39, 0.29) is 0 Å². The molecule has 1 saturated heterocycles. The molecular formula is C20H25N3O2. The van der Waals surface area contributed by atoms with E-state index >= 15 is 0 Å². The second kappa shape index (κ2) is 7.10. The Labute approximate surface area is 148 Å². The van der Waals surface area contributed by atoms with Crippen LogP contribution in [0, 0.1) is 0 Å². The molecule has 1 saturated carbocycles. The van der Waals surface area contributed by atoms with Crippen molar-refractivity contribution in [1.29, 1.82) is 0 Å². The molecule has 1 aliphatic heterocycles. The Morgan fingerprint density at radius 2 is 2.12 bits per heavy atom. The van der Waals surface area contributed by atoms with Crippen molar-refractivity contribution in [2.45, 2.75) is 43.6 Å². The highest BCUT2D eigenvalue weighted by Gasteiger charge is 2.36. The number of nitrogens with zero attached hydrogens (tertiary/aromatic N) is 3. The summed E-state index contributed by atoms with van der Waals surface area (Å²) in [5, 5.41) is 15.0. The first kappa shape index (κ1) is 16.5. The third-order valence-corrected chi connectivity index (χ3v) is 5.01. The van der Waals surface area contributed by atoms with Gasteiger partial charge in [-0.05, 0) is 37.8 Å². The molecule has 1 N–H and O–H groups in total. The topological polar surface area (TPSA) is 62.4 Å². The quantitative estimate of drug-likeness (QED) is 0.876. The maximum absolute atomic E-state index is 11.0. The van der Waals surface area contributed by atoms with Crippen molar-refractivity contribution in [2.75, 3.05) is 19.6 Å². The average molecular weight is 339 g/mol. The van der Waals surface area contributed by atoms with Gasteiger partial charge >= 0.3 is 0 Å². The van der Waals surface area contributed by atoms with Crippen molar-refractivity contribution in [3.05, 3.63) is 53.7 Å². The third-order valence-electron chi connectivity index (χ3n) is 5.01. The van der Waals surface area contributed by atoms with Gasteiger partial charge in [0.25, 0.3) is 0 Å². The minimum atomic E-state index is -0.772. The van der Waals surface area contributed by atoms with Gasteiger partial charge in [0.05, 0.1) is 12.0 Å². The third kappa shape index (κ3) is 4.35. The van der Waals surface area contributed by atoms with Gasteiger partial charge in [-0.25, -0.2) is 0 Å². The lowest BCUT2D eigenvalue weighted by Gasteiger charge is -2.38. The average Bonchev–Trinajstić information content (AvgIpc) is 3.36. The van der Waals surface area contributed by atoms with Crippen LogP contribution in [0.2, 0.25) is 0 Å². The van der Waals surface area contributed by atoms with Crippen LogP contribution >= 0.6 is 0 Å². The first-order valence-corrected chi connectivity index (χ1v) is 9.19. The molecular weight excluding hydrogens is 314 g/mol. The SMILES string of the molecule is OC1(Cc2nc(C3CC3)no2)CCCN(C/C=C/c2ccccc2)C1. The lowest BCUT2D eigenvalue weighted by atomic mass is 9.89. The maximum Gasteiger partial charge on any atom is 0.229 e. The molecule has 1 aliphatic carbocycles. The van der Waals surface area contributed by atoms with Gasteiger partial charge in [-0.3, -0.25) is 4.90 Å². The fraction of sp³-hybridized carbons (Fsp3) is 0.500. The van der Waals surface area contributed by atoms with Gasteiger partial charge in [0, 0.05) is 19.0 Å². The first-order chi connectivity index (χ1) is 12.2. The molecule has 4 rings (SSSR count). The number of aliphatic hydroxyl groups is 1. The van der Waals surface area contributed by atoms with Crippen LogP contribution < -0.4 is 0 Å². The van der Waals surface area contributed by atoms with E-state index < -0.39 is 5.60 Å². The van der Waals surface area contributed by atoms with E-state index in [1.54, 1.807) is 0 Å². The maximum atomic E-state index is 11.0. The first-order valence-electron chi connectivity index (χ1n) is 9.19. The van der Waals surface area contributed by atoms with E-state index in [4.69, 9.17) is 4.52 Å². The highest BCUT2D eigenvalue weighted by Crippen LogP contribution is 2.38.